The number of hydroxylamine groups is 1. The highest BCUT2D eigenvalue weighted by Crippen LogP contribution is 2.49. The molecule has 0 radical (unpaired) electrons. The number of aliphatic hydroxyl groups excluding tert-OH is 1. The molecule has 0 bridgehead atoms. The highest BCUT2D eigenvalue weighted by atomic mass is 32.2. The van der Waals surface area contributed by atoms with Gasteiger partial charge in [-0.3, -0.25) is 5.32 Å². The first-order valence-electron chi connectivity index (χ1n) is 17.2. The van der Waals surface area contributed by atoms with Gasteiger partial charge >= 0.3 is 12.0 Å². The van der Waals surface area contributed by atoms with Crippen molar-refractivity contribution < 1.29 is 19.5 Å². The first-order chi connectivity index (χ1) is 25.6. The number of nitrogens with one attached hydrogen (secondary N) is 1. The summed E-state index contributed by atoms with van der Waals surface area (Å²) in [4.78, 5) is 19.7. The van der Waals surface area contributed by atoms with Crippen LogP contribution < -0.4 is 5.32 Å². The van der Waals surface area contributed by atoms with E-state index < -0.39 is 16.8 Å². The molecule has 2 unspecified atom stereocenters. The lowest BCUT2D eigenvalue weighted by Crippen LogP contribution is -2.35. The van der Waals surface area contributed by atoms with Crippen LogP contribution in [-0.2, 0) is 14.3 Å². The number of hydrogen-bond donors (Lipinski definition) is 2. The molecule has 1 aliphatic heterocycles. The van der Waals surface area contributed by atoms with E-state index >= 15 is 0 Å². The number of alkyl carbamates (subject to hydrolysis) is 1. The number of nitrogens with zero attached hydrogens (tertiary/aromatic N) is 3. The summed E-state index contributed by atoms with van der Waals surface area (Å²) in [6.07, 6.45) is 6.89. The van der Waals surface area contributed by atoms with Crippen LogP contribution in [0.15, 0.2) is 186 Å². The van der Waals surface area contributed by atoms with Crippen LogP contribution in [0.5, 0.6) is 0 Å². The van der Waals surface area contributed by atoms with Crippen molar-refractivity contribution in [2.45, 2.75) is 22.7 Å². The van der Waals surface area contributed by atoms with Gasteiger partial charge in [0.25, 0.3) is 0 Å². The zero-order valence-electron chi connectivity index (χ0n) is 28.2. The Morgan fingerprint density at radius 3 is 1.83 bits per heavy atom. The Morgan fingerprint density at radius 1 is 0.731 bits per heavy atom. The van der Waals surface area contributed by atoms with Gasteiger partial charge in [0.2, 0.25) is 0 Å². The molecule has 2 aliphatic carbocycles. The van der Waals surface area contributed by atoms with Gasteiger partial charge in [-0.25, -0.2) is 4.79 Å². The fraction of sp³-hybridized carbons (Fsp3) is 0.140. The quantitative estimate of drug-likeness (QED) is 0.105. The van der Waals surface area contributed by atoms with Crippen LogP contribution in [0.2, 0.25) is 0 Å². The van der Waals surface area contributed by atoms with Crippen LogP contribution in [0.4, 0.5) is 4.79 Å². The van der Waals surface area contributed by atoms with E-state index in [1.54, 1.807) is 11.8 Å². The standard InChI is InChI=1S/C43H36N4O4S/c48-41(51-47-40-27-15-14-26-38(40)45-46-47)39(44-42(49)50-28-37-35-24-12-10-22-33(35)34-23-11-13-25-36(34)37)29-52-43(30-16-4-1-5-17-30,31-18-6-2-7-19-31)32-20-8-3-9-21-32/h1-27,37-38,40,48H,28-29H2,(H,44,49)/b41-39+. The molecule has 8 rings (SSSR count). The first kappa shape index (κ1) is 33.1. The lowest BCUT2D eigenvalue weighted by atomic mass is 9.84. The van der Waals surface area contributed by atoms with Crippen molar-refractivity contribution in [2.75, 3.05) is 12.4 Å². The van der Waals surface area contributed by atoms with Crippen LogP contribution in [0.25, 0.3) is 11.1 Å². The smallest absolute Gasteiger partial charge is 0.411 e. The van der Waals surface area contributed by atoms with E-state index in [4.69, 9.17) is 9.57 Å². The molecule has 9 heteroatoms. The number of thioether (sulfide) groups is 1. The molecule has 0 saturated heterocycles. The molecule has 5 aromatic rings. The van der Waals surface area contributed by atoms with Crippen LogP contribution in [0.3, 0.4) is 0 Å². The normalized spacial score (nSPS) is 17.6. The number of hydrogen-bond acceptors (Lipinski definition) is 8. The molecule has 1 heterocycles. The number of aliphatic hydroxyl groups is 1. The summed E-state index contributed by atoms with van der Waals surface area (Å²) in [5.41, 5.74) is 7.73. The third-order valence-corrected chi connectivity index (χ3v) is 11.2. The van der Waals surface area contributed by atoms with E-state index in [1.807, 2.05) is 103 Å². The van der Waals surface area contributed by atoms with Crippen LogP contribution in [0, 0.1) is 0 Å². The van der Waals surface area contributed by atoms with Gasteiger partial charge in [0.1, 0.15) is 24.4 Å². The van der Waals surface area contributed by atoms with Gasteiger partial charge in [-0.1, -0.05) is 169 Å². The number of carbonyl (C=O) groups excluding carboxylic acids is 1. The van der Waals surface area contributed by atoms with Crippen molar-refractivity contribution in [2.24, 2.45) is 10.3 Å². The number of carbonyl (C=O) groups is 1. The largest absolute Gasteiger partial charge is 0.478 e. The highest BCUT2D eigenvalue weighted by molar-refractivity contribution is 8.00. The summed E-state index contributed by atoms with van der Waals surface area (Å²) in [6.45, 7) is 0.116. The van der Waals surface area contributed by atoms with Crippen molar-refractivity contribution in [1.29, 1.82) is 0 Å². The molecular weight excluding hydrogens is 669 g/mol. The van der Waals surface area contributed by atoms with Crippen molar-refractivity contribution in [3.05, 3.63) is 203 Å². The molecule has 3 aliphatic rings. The van der Waals surface area contributed by atoms with Gasteiger partial charge in [-0.2, -0.15) is 5.11 Å². The molecule has 8 nitrogen and oxygen atoms in total. The topological polar surface area (TPSA) is 95.8 Å². The monoisotopic (exact) mass is 704 g/mol. The van der Waals surface area contributed by atoms with E-state index in [-0.39, 0.29) is 36.1 Å². The van der Waals surface area contributed by atoms with E-state index in [9.17, 15) is 9.90 Å². The second kappa shape index (κ2) is 14.7. The molecule has 0 spiro atoms. The van der Waals surface area contributed by atoms with Crippen molar-refractivity contribution in [3.8, 4) is 11.1 Å². The highest BCUT2D eigenvalue weighted by Gasteiger charge is 2.39. The van der Waals surface area contributed by atoms with Crippen LogP contribution in [-0.4, -0.2) is 40.8 Å². The maximum atomic E-state index is 13.7. The Hall–Kier alpha value is -6.06. The Labute approximate surface area is 306 Å². The maximum Gasteiger partial charge on any atom is 0.411 e. The number of benzene rings is 5. The second-order valence-electron chi connectivity index (χ2n) is 12.7. The lowest BCUT2D eigenvalue weighted by molar-refractivity contribution is -0.168. The SMILES string of the molecule is O=C(N/C(CSC(c1ccccc1)(c1ccccc1)c1ccccc1)=C(\O)ON1N=NC2C=CC=CC21)OCC1c2ccccc2-c2ccccc21. The zero-order chi connectivity index (χ0) is 35.3. The van der Waals surface area contributed by atoms with Gasteiger partial charge in [-0.05, 0) is 44.2 Å². The predicted octanol–water partition coefficient (Wildman–Crippen LogP) is 9.46. The number of rotatable bonds is 11. The Morgan fingerprint density at radius 2 is 1.25 bits per heavy atom. The van der Waals surface area contributed by atoms with E-state index in [1.165, 1.54) is 5.17 Å². The maximum absolute atomic E-state index is 13.7. The summed E-state index contributed by atoms with van der Waals surface area (Å²) >= 11 is 1.55. The Bertz CT molecular complexity index is 2030. The van der Waals surface area contributed by atoms with Gasteiger partial charge in [0, 0.05) is 11.7 Å². The second-order valence-corrected chi connectivity index (χ2v) is 13.8. The molecule has 0 saturated carbocycles. The minimum Gasteiger partial charge on any atom is -0.478 e. The van der Waals surface area contributed by atoms with E-state index in [2.05, 4.69) is 76.3 Å². The fourth-order valence-electron chi connectivity index (χ4n) is 7.15. The number of fused-ring (bicyclic) bond motifs is 4. The average Bonchev–Trinajstić information content (AvgIpc) is 3.76. The zero-order valence-corrected chi connectivity index (χ0v) is 29.0. The first-order valence-corrected chi connectivity index (χ1v) is 18.2. The average molecular weight is 705 g/mol. The van der Waals surface area contributed by atoms with Gasteiger partial charge in [-0.15, -0.1) is 11.8 Å². The molecule has 1 amide bonds. The Kier molecular flexibility index (Phi) is 9.33. The molecule has 2 atom stereocenters. The fourth-order valence-corrected chi connectivity index (χ4v) is 8.61. The van der Waals surface area contributed by atoms with Crippen molar-refractivity contribution in [3.63, 3.8) is 0 Å². The molecule has 52 heavy (non-hydrogen) atoms. The van der Waals surface area contributed by atoms with E-state index in [0.717, 1.165) is 38.9 Å². The number of amides is 1. The van der Waals surface area contributed by atoms with Gasteiger partial charge in [0.15, 0.2) is 0 Å². The van der Waals surface area contributed by atoms with Gasteiger partial charge < -0.3 is 14.7 Å². The Balaban J connectivity index is 1.11. The van der Waals surface area contributed by atoms with Crippen LogP contribution in [0.1, 0.15) is 33.7 Å². The van der Waals surface area contributed by atoms with Crippen molar-refractivity contribution >= 4 is 17.9 Å². The molecule has 0 fully saturated rings. The molecule has 0 aromatic heterocycles. The molecule has 2 N–H and O–H groups in total. The summed E-state index contributed by atoms with van der Waals surface area (Å²) in [7, 11) is 0. The van der Waals surface area contributed by atoms with Gasteiger partial charge in [0.05, 0.1) is 4.75 Å². The summed E-state index contributed by atoms with van der Waals surface area (Å²) in [5.74, 6) is -0.504. The van der Waals surface area contributed by atoms with Crippen LogP contribution >= 0.6 is 11.8 Å². The van der Waals surface area contributed by atoms with E-state index in [0.29, 0.717) is 0 Å². The molecular formula is C43H36N4O4S. The molecule has 258 valence electrons. The summed E-state index contributed by atoms with van der Waals surface area (Å²) in [6, 6.07) is 46.5. The third kappa shape index (κ3) is 6.35. The molecule has 5 aromatic carbocycles. The lowest BCUT2D eigenvalue weighted by Gasteiger charge is -2.35. The minimum absolute atomic E-state index is 0.116. The summed E-state index contributed by atoms with van der Waals surface area (Å²) < 4.78 is 5.20. The predicted molar refractivity (Wildman–Crippen MR) is 203 cm³/mol. The summed E-state index contributed by atoms with van der Waals surface area (Å²) in [5, 5.41) is 24.2. The number of allylic oxidation sites excluding steroid dienone is 2. The van der Waals surface area contributed by atoms with Crippen molar-refractivity contribution in [1.82, 2.24) is 10.5 Å². The third-order valence-electron chi connectivity index (χ3n) is 9.61. The number of ether oxygens (including phenoxy) is 1. The minimum atomic E-state index is -0.729.